The van der Waals surface area contributed by atoms with Crippen LogP contribution in [-0.2, 0) is 14.4 Å². The number of rotatable bonds is 6. The number of nitrogens with one attached hydrogen (secondary N) is 1. The van der Waals surface area contributed by atoms with Crippen molar-refractivity contribution in [1.82, 2.24) is 5.32 Å². The number of aliphatic carboxylic acids is 1. The van der Waals surface area contributed by atoms with Crippen LogP contribution in [0.4, 0.5) is 0 Å². The van der Waals surface area contributed by atoms with Gasteiger partial charge in [0.15, 0.2) is 0 Å². The lowest BCUT2D eigenvalue weighted by Gasteiger charge is -2.13. The van der Waals surface area contributed by atoms with Crippen molar-refractivity contribution in [3.05, 3.63) is 0 Å². The second kappa shape index (κ2) is 5.97. The Kier molecular flexibility index (Phi) is 5.32. The molecule has 0 bridgehead atoms. The van der Waals surface area contributed by atoms with Crippen LogP contribution in [0.1, 0.15) is 19.8 Å². The van der Waals surface area contributed by atoms with Crippen molar-refractivity contribution in [1.29, 1.82) is 0 Å². The van der Waals surface area contributed by atoms with Gasteiger partial charge >= 0.3 is 5.97 Å². The molecule has 7 heteroatoms. The minimum Gasteiger partial charge on any atom is -0.480 e. The summed E-state index contributed by atoms with van der Waals surface area (Å²) in [7, 11) is 0. The molecule has 0 aliphatic rings. The molecule has 0 radical (unpaired) electrons. The Morgan fingerprint density at radius 3 is 2.20 bits per heavy atom. The first kappa shape index (κ1) is 13.4. The number of aliphatic hydroxyl groups excluding tert-OH is 1. The number of carboxylic acid groups (broad SMARTS) is 1. The Morgan fingerprint density at radius 1 is 1.33 bits per heavy atom. The summed E-state index contributed by atoms with van der Waals surface area (Å²) < 4.78 is 0. The van der Waals surface area contributed by atoms with Crippen molar-refractivity contribution >= 4 is 17.8 Å². The summed E-state index contributed by atoms with van der Waals surface area (Å²) in [6.45, 7) is 1.39. The summed E-state index contributed by atoms with van der Waals surface area (Å²) in [5, 5.41) is 19.6. The molecule has 5 N–H and O–H groups in total. The number of amides is 2. The van der Waals surface area contributed by atoms with E-state index in [2.05, 4.69) is 5.32 Å². The molecule has 0 aliphatic carbocycles. The Morgan fingerprint density at radius 2 is 1.87 bits per heavy atom. The molecule has 7 nitrogen and oxygen atoms in total. The Bertz CT molecular complexity index is 264. The monoisotopic (exact) mass is 218 g/mol. The van der Waals surface area contributed by atoms with Crippen molar-refractivity contribution in [3.63, 3.8) is 0 Å². The molecule has 0 aliphatic heterocycles. The first-order valence-corrected chi connectivity index (χ1v) is 4.31. The molecule has 2 unspecified atom stereocenters. The molecule has 0 aromatic rings. The quantitative estimate of drug-likeness (QED) is 0.418. The first-order chi connectivity index (χ1) is 6.82. The minimum absolute atomic E-state index is 0.220. The fraction of sp³-hybridized carbons (Fsp3) is 0.625. The third-order valence-electron chi connectivity index (χ3n) is 1.52. The maximum atomic E-state index is 11.1. The largest absolute Gasteiger partial charge is 0.480 e. The molecule has 0 aromatic carbocycles. The van der Waals surface area contributed by atoms with Gasteiger partial charge in [0, 0.05) is 0 Å². The van der Waals surface area contributed by atoms with E-state index in [-0.39, 0.29) is 6.42 Å². The maximum absolute atomic E-state index is 11.1. The van der Waals surface area contributed by atoms with E-state index in [1.54, 1.807) is 0 Å². The molecule has 0 rings (SSSR count). The zero-order valence-electron chi connectivity index (χ0n) is 8.27. The van der Waals surface area contributed by atoms with Crippen molar-refractivity contribution < 1.29 is 24.6 Å². The average molecular weight is 218 g/mol. The Hall–Kier alpha value is -1.63. The van der Waals surface area contributed by atoms with Crippen molar-refractivity contribution in [3.8, 4) is 0 Å². The highest BCUT2D eigenvalue weighted by Gasteiger charge is 2.22. The molecule has 2 amide bonds. The minimum atomic E-state index is -1.34. The number of carbonyl (C=O) groups is 3. The van der Waals surface area contributed by atoms with Gasteiger partial charge in [-0.1, -0.05) is 0 Å². The number of primary amides is 1. The summed E-state index contributed by atoms with van der Waals surface area (Å²) >= 11 is 0. The molecular formula is C8H14N2O5. The molecule has 0 saturated carbocycles. The van der Waals surface area contributed by atoms with Gasteiger partial charge in [-0.15, -0.1) is 0 Å². The fourth-order valence-corrected chi connectivity index (χ4v) is 0.923. The topological polar surface area (TPSA) is 130 Å². The Balaban J connectivity index is 4.22. The number of hydrogen-bond acceptors (Lipinski definition) is 4. The van der Waals surface area contributed by atoms with Crippen LogP contribution in [0.2, 0.25) is 0 Å². The van der Waals surface area contributed by atoms with E-state index in [4.69, 9.17) is 15.9 Å². The van der Waals surface area contributed by atoms with Gasteiger partial charge in [-0.25, -0.2) is 4.79 Å². The normalized spacial score (nSPS) is 14.0. The van der Waals surface area contributed by atoms with Gasteiger partial charge in [-0.2, -0.15) is 0 Å². The van der Waals surface area contributed by atoms with Crippen LogP contribution < -0.4 is 11.1 Å². The van der Waals surface area contributed by atoms with Crippen molar-refractivity contribution in [2.45, 2.75) is 31.9 Å². The Labute approximate surface area is 86.3 Å². The lowest BCUT2D eigenvalue weighted by molar-refractivity contribution is -0.143. The van der Waals surface area contributed by atoms with Gasteiger partial charge in [-0.3, -0.25) is 9.59 Å². The second-order valence-electron chi connectivity index (χ2n) is 3.18. The van der Waals surface area contributed by atoms with Gasteiger partial charge in [0.1, 0.15) is 6.04 Å². The molecule has 0 spiro atoms. The summed E-state index contributed by atoms with van der Waals surface area (Å²) in [6, 6.07) is -1.34. The molecule has 0 aromatic heterocycles. The molecule has 15 heavy (non-hydrogen) atoms. The summed E-state index contributed by atoms with van der Waals surface area (Å²) in [5.41, 5.74) is 4.81. The third-order valence-corrected chi connectivity index (χ3v) is 1.52. The van der Waals surface area contributed by atoms with Gasteiger partial charge in [-0.05, 0) is 6.92 Å². The summed E-state index contributed by atoms with van der Waals surface area (Å²) in [6.07, 6.45) is -1.56. The number of carbonyl (C=O) groups excluding carboxylic acids is 2. The van der Waals surface area contributed by atoms with Gasteiger partial charge in [0.2, 0.25) is 11.8 Å². The van der Waals surface area contributed by atoms with E-state index >= 15 is 0 Å². The number of aliphatic hydroxyl groups is 1. The predicted molar refractivity (Wildman–Crippen MR) is 49.7 cm³/mol. The van der Waals surface area contributed by atoms with Gasteiger partial charge in [0.05, 0.1) is 18.9 Å². The number of carboxylic acids is 1. The van der Waals surface area contributed by atoms with E-state index in [0.29, 0.717) is 0 Å². The molecule has 2 atom stereocenters. The number of hydrogen-bond donors (Lipinski definition) is 4. The van der Waals surface area contributed by atoms with E-state index in [1.807, 2.05) is 0 Å². The van der Waals surface area contributed by atoms with E-state index in [0.717, 1.165) is 0 Å². The first-order valence-electron chi connectivity index (χ1n) is 4.31. The number of nitrogens with two attached hydrogens (primary N) is 1. The molecule has 0 fully saturated rings. The van der Waals surface area contributed by atoms with Crippen LogP contribution in [-0.4, -0.2) is 40.1 Å². The predicted octanol–water partition coefficient (Wildman–Crippen LogP) is -1.80. The smallest absolute Gasteiger partial charge is 0.326 e. The van der Waals surface area contributed by atoms with Crippen molar-refractivity contribution in [2.75, 3.05) is 0 Å². The van der Waals surface area contributed by atoms with Crippen molar-refractivity contribution in [2.24, 2.45) is 5.73 Å². The van der Waals surface area contributed by atoms with Crippen LogP contribution in [0, 0.1) is 0 Å². The zero-order valence-corrected chi connectivity index (χ0v) is 8.27. The SMILES string of the molecule is CC(O)CC(=O)NC(CC(N)=O)C(=O)O. The molecule has 86 valence electrons. The van der Waals surface area contributed by atoms with Gasteiger partial charge < -0.3 is 21.3 Å². The van der Waals surface area contributed by atoms with Crippen LogP contribution in [0.15, 0.2) is 0 Å². The fourth-order valence-electron chi connectivity index (χ4n) is 0.923. The maximum Gasteiger partial charge on any atom is 0.326 e. The standard InChI is InChI=1S/C8H14N2O5/c1-4(11)2-7(13)10-5(8(14)15)3-6(9)12/h4-5,11H,2-3H2,1H3,(H2,9,12)(H,10,13)(H,14,15). The lowest BCUT2D eigenvalue weighted by Crippen LogP contribution is -2.44. The second-order valence-corrected chi connectivity index (χ2v) is 3.18. The highest BCUT2D eigenvalue weighted by molar-refractivity contribution is 5.88. The highest BCUT2D eigenvalue weighted by atomic mass is 16.4. The van der Waals surface area contributed by atoms with E-state index < -0.39 is 36.4 Å². The third kappa shape index (κ3) is 6.44. The van der Waals surface area contributed by atoms with Gasteiger partial charge in [0.25, 0.3) is 0 Å². The average Bonchev–Trinajstić information content (AvgIpc) is 1.99. The van der Waals surface area contributed by atoms with Crippen LogP contribution >= 0.6 is 0 Å². The van der Waals surface area contributed by atoms with E-state index in [9.17, 15) is 14.4 Å². The van der Waals surface area contributed by atoms with Crippen LogP contribution in [0.5, 0.6) is 0 Å². The van der Waals surface area contributed by atoms with E-state index in [1.165, 1.54) is 6.92 Å². The lowest BCUT2D eigenvalue weighted by atomic mass is 10.2. The zero-order chi connectivity index (χ0) is 12.0. The molecule has 0 heterocycles. The highest BCUT2D eigenvalue weighted by Crippen LogP contribution is 1.95. The summed E-state index contributed by atoms with van der Waals surface area (Å²) in [5.74, 6) is -2.80. The summed E-state index contributed by atoms with van der Waals surface area (Å²) in [4.78, 5) is 32.1. The van der Waals surface area contributed by atoms with Crippen LogP contribution in [0.3, 0.4) is 0 Å². The molecule has 0 saturated heterocycles. The molecular weight excluding hydrogens is 204 g/mol. The van der Waals surface area contributed by atoms with Crippen LogP contribution in [0.25, 0.3) is 0 Å².